The summed E-state index contributed by atoms with van der Waals surface area (Å²) >= 11 is 2.15. The van der Waals surface area contributed by atoms with E-state index in [9.17, 15) is 0 Å². The summed E-state index contributed by atoms with van der Waals surface area (Å²) in [7, 11) is 0. The lowest BCUT2D eigenvalue weighted by molar-refractivity contribution is 0.559. The summed E-state index contributed by atoms with van der Waals surface area (Å²) in [6.07, 6.45) is 1.54. The van der Waals surface area contributed by atoms with Crippen molar-refractivity contribution in [2.24, 2.45) is 0 Å². The second-order valence-electron chi connectivity index (χ2n) is 4.23. The standard InChI is InChI=1S/C13H11IN4O/c1-7-3-9(4-10-13(7)19-8(2)17-10)18-12-5-11(14)15-6-16-12/h3-6H,1-2H3,(H,15,16,18). The van der Waals surface area contributed by atoms with Gasteiger partial charge in [0, 0.05) is 18.7 Å². The second-order valence-corrected chi connectivity index (χ2v) is 5.33. The van der Waals surface area contributed by atoms with Crippen LogP contribution < -0.4 is 5.32 Å². The molecule has 0 fully saturated rings. The average Bonchev–Trinajstić information content (AvgIpc) is 2.70. The van der Waals surface area contributed by atoms with Gasteiger partial charge < -0.3 is 9.73 Å². The summed E-state index contributed by atoms with van der Waals surface area (Å²) in [5.41, 5.74) is 3.67. The van der Waals surface area contributed by atoms with E-state index in [-0.39, 0.29) is 0 Å². The smallest absolute Gasteiger partial charge is 0.192 e. The van der Waals surface area contributed by atoms with E-state index in [1.807, 2.05) is 32.0 Å². The first-order valence-corrected chi connectivity index (χ1v) is 6.82. The molecule has 0 aliphatic heterocycles. The zero-order valence-electron chi connectivity index (χ0n) is 10.4. The highest BCUT2D eigenvalue weighted by atomic mass is 127. The number of hydrogen-bond donors (Lipinski definition) is 1. The van der Waals surface area contributed by atoms with Crippen LogP contribution in [-0.2, 0) is 0 Å². The second kappa shape index (κ2) is 4.76. The van der Waals surface area contributed by atoms with Crippen molar-refractivity contribution < 1.29 is 4.42 Å². The SMILES string of the molecule is Cc1nc2cc(Nc3cc(I)ncn3)cc(C)c2o1. The Kier molecular flexibility index (Phi) is 3.09. The zero-order chi connectivity index (χ0) is 13.4. The van der Waals surface area contributed by atoms with E-state index in [1.165, 1.54) is 6.33 Å². The Morgan fingerprint density at radius 1 is 1.16 bits per heavy atom. The normalized spacial score (nSPS) is 10.9. The molecule has 96 valence electrons. The third-order valence-electron chi connectivity index (χ3n) is 2.69. The number of anilines is 2. The lowest BCUT2D eigenvalue weighted by atomic mass is 10.2. The number of rotatable bonds is 2. The predicted molar refractivity (Wildman–Crippen MR) is 81.5 cm³/mol. The minimum atomic E-state index is 0.673. The molecule has 3 rings (SSSR count). The highest BCUT2D eigenvalue weighted by Crippen LogP contribution is 2.25. The first kappa shape index (κ1) is 12.3. The highest BCUT2D eigenvalue weighted by Gasteiger charge is 2.08. The number of nitrogens with one attached hydrogen (secondary N) is 1. The van der Waals surface area contributed by atoms with Crippen LogP contribution in [0.15, 0.2) is 28.9 Å². The summed E-state index contributed by atoms with van der Waals surface area (Å²) in [5, 5.41) is 3.25. The van der Waals surface area contributed by atoms with Crippen LogP contribution in [-0.4, -0.2) is 15.0 Å². The lowest BCUT2D eigenvalue weighted by Crippen LogP contribution is -1.95. The minimum Gasteiger partial charge on any atom is -0.441 e. The van der Waals surface area contributed by atoms with Crippen molar-refractivity contribution in [2.75, 3.05) is 5.32 Å². The summed E-state index contributed by atoms with van der Waals surface area (Å²) in [5.74, 6) is 1.44. The third-order valence-corrected chi connectivity index (χ3v) is 3.28. The molecule has 1 aromatic carbocycles. The minimum absolute atomic E-state index is 0.673. The average molecular weight is 366 g/mol. The van der Waals surface area contributed by atoms with E-state index in [2.05, 4.69) is 42.9 Å². The molecular weight excluding hydrogens is 355 g/mol. The van der Waals surface area contributed by atoms with Crippen molar-refractivity contribution >= 4 is 45.2 Å². The third kappa shape index (κ3) is 2.53. The maximum absolute atomic E-state index is 5.56. The molecule has 1 N–H and O–H groups in total. The van der Waals surface area contributed by atoms with E-state index in [1.54, 1.807) is 0 Å². The first-order valence-electron chi connectivity index (χ1n) is 5.74. The molecule has 2 aromatic heterocycles. The van der Waals surface area contributed by atoms with Crippen LogP contribution in [0.2, 0.25) is 0 Å². The first-order chi connectivity index (χ1) is 9.11. The molecule has 0 atom stereocenters. The zero-order valence-corrected chi connectivity index (χ0v) is 12.6. The topological polar surface area (TPSA) is 63.8 Å². The monoisotopic (exact) mass is 366 g/mol. The molecule has 0 saturated heterocycles. The maximum Gasteiger partial charge on any atom is 0.192 e. The lowest BCUT2D eigenvalue weighted by Gasteiger charge is -2.06. The fourth-order valence-corrected chi connectivity index (χ4v) is 2.35. The van der Waals surface area contributed by atoms with Crippen LogP contribution >= 0.6 is 22.6 Å². The molecule has 0 radical (unpaired) electrons. The molecule has 0 spiro atoms. The van der Waals surface area contributed by atoms with E-state index in [4.69, 9.17) is 4.42 Å². The molecule has 3 aromatic rings. The van der Waals surface area contributed by atoms with Crippen LogP contribution in [0.25, 0.3) is 11.1 Å². The highest BCUT2D eigenvalue weighted by molar-refractivity contribution is 14.1. The van der Waals surface area contributed by atoms with E-state index in [0.29, 0.717) is 5.89 Å². The van der Waals surface area contributed by atoms with Gasteiger partial charge in [-0.05, 0) is 47.2 Å². The summed E-state index contributed by atoms with van der Waals surface area (Å²) in [4.78, 5) is 12.6. The number of fused-ring (bicyclic) bond motifs is 1. The number of nitrogens with zero attached hydrogens (tertiary/aromatic N) is 3. The van der Waals surface area contributed by atoms with Gasteiger partial charge in [-0.2, -0.15) is 0 Å². The summed E-state index contributed by atoms with van der Waals surface area (Å²) < 4.78 is 6.45. The van der Waals surface area contributed by atoms with Crippen molar-refractivity contribution in [1.29, 1.82) is 0 Å². The molecule has 0 saturated carbocycles. The number of hydrogen-bond acceptors (Lipinski definition) is 5. The van der Waals surface area contributed by atoms with Crippen LogP contribution in [0.1, 0.15) is 11.5 Å². The fraction of sp³-hybridized carbons (Fsp3) is 0.154. The summed E-state index contributed by atoms with van der Waals surface area (Å²) in [6, 6.07) is 5.85. The van der Waals surface area contributed by atoms with Gasteiger partial charge in [-0.15, -0.1) is 0 Å². The van der Waals surface area contributed by atoms with Crippen LogP contribution in [0.5, 0.6) is 0 Å². The number of aryl methyl sites for hydroxylation is 2. The van der Waals surface area contributed by atoms with Crippen molar-refractivity contribution in [3.05, 3.63) is 39.7 Å². The van der Waals surface area contributed by atoms with Crippen LogP contribution in [0.4, 0.5) is 11.5 Å². The maximum atomic E-state index is 5.56. The van der Waals surface area contributed by atoms with Gasteiger partial charge in [0.1, 0.15) is 21.4 Å². The molecule has 0 unspecified atom stereocenters. The molecule has 0 amide bonds. The Morgan fingerprint density at radius 2 is 2.00 bits per heavy atom. The predicted octanol–water partition coefficient (Wildman–Crippen LogP) is 3.58. The molecular formula is C13H11IN4O. The Bertz CT molecular complexity index is 753. The Balaban J connectivity index is 2.01. The largest absolute Gasteiger partial charge is 0.441 e. The molecule has 6 heteroatoms. The van der Waals surface area contributed by atoms with Gasteiger partial charge in [-0.25, -0.2) is 15.0 Å². The van der Waals surface area contributed by atoms with Gasteiger partial charge in [0.15, 0.2) is 11.5 Å². The van der Waals surface area contributed by atoms with E-state index < -0.39 is 0 Å². The van der Waals surface area contributed by atoms with Crippen LogP contribution in [0, 0.1) is 17.5 Å². The number of aromatic nitrogens is 3. The Labute approximate surface area is 123 Å². The number of oxazole rings is 1. The van der Waals surface area contributed by atoms with Crippen molar-refractivity contribution in [3.63, 3.8) is 0 Å². The van der Waals surface area contributed by atoms with E-state index >= 15 is 0 Å². The molecule has 19 heavy (non-hydrogen) atoms. The van der Waals surface area contributed by atoms with Crippen molar-refractivity contribution in [3.8, 4) is 0 Å². The van der Waals surface area contributed by atoms with Gasteiger partial charge in [0.25, 0.3) is 0 Å². The number of benzene rings is 1. The summed E-state index contributed by atoms with van der Waals surface area (Å²) in [6.45, 7) is 3.85. The van der Waals surface area contributed by atoms with Gasteiger partial charge in [0.05, 0.1) is 0 Å². The number of halogens is 1. The van der Waals surface area contributed by atoms with Gasteiger partial charge in [0.2, 0.25) is 0 Å². The van der Waals surface area contributed by atoms with E-state index in [0.717, 1.165) is 31.9 Å². The molecule has 2 heterocycles. The van der Waals surface area contributed by atoms with Gasteiger partial charge in [-0.1, -0.05) is 0 Å². The molecule has 5 nitrogen and oxygen atoms in total. The molecule has 0 aliphatic rings. The molecule has 0 aliphatic carbocycles. The Morgan fingerprint density at radius 3 is 2.79 bits per heavy atom. The fourth-order valence-electron chi connectivity index (χ4n) is 1.93. The van der Waals surface area contributed by atoms with Gasteiger partial charge in [-0.3, -0.25) is 0 Å². The quantitative estimate of drug-likeness (QED) is 0.555. The van der Waals surface area contributed by atoms with Gasteiger partial charge >= 0.3 is 0 Å². The van der Waals surface area contributed by atoms with Crippen molar-refractivity contribution in [2.45, 2.75) is 13.8 Å². The Hall–Kier alpha value is -1.70. The van der Waals surface area contributed by atoms with Crippen LogP contribution in [0.3, 0.4) is 0 Å². The van der Waals surface area contributed by atoms with Crippen molar-refractivity contribution in [1.82, 2.24) is 15.0 Å². The molecule has 0 bridgehead atoms.